The fourth-order valence-corrected chi connectivity index (χ4v) is 6.56. The van der Waals surface area contributed by atoms with Crippen LogP contribution in [-0.4, -0.2) is 43.9 Å². The molecule has 1 fully saturated rings. The number of anilines is 1. The second kappa shape index (κ2) is 8.70. The molecular formula is C20H18BrF2N3O2S2. The van der Waals surface area contributed by atoms with Gasteiger partial charge in [-0.3, -0.25) is 0 Å². The first kappa shape index (κ1) is 21.4. The summed E-state index contributed by atoms with van der Waals surface area (Å²) in [5, 5.41) is 2.69. The van der Waals surface area contributed by atoms with E-state index in [2.05, 4.69) is 20.9 Å². The summed E-state index contributed by atoms with van der Waals surface area (Å²) in [4.78, 5) is 6.91. The highest BCUT2D eigenvalue weighted by Crippen LogP contribution is 2.28. The van der Waals surface area contributed by atoms with Crippen molar-refractivity contribution in [2.75, 3.05) is 31.1 Å². The minimum absolute atomic E-state index is 0.265. The lowest BCUT2D eigenvalue weighted by atomic mass is 10.1. The van der Waals surface area contributed by atoms with Crippen LogP contribution in [0.15, 0.2) is 57.2 Å². The summed E-state index contributed by atoms with van der Waals surface area (Å²) in [6.45, 7) is 1.78. The van der Waals surface area contributed by atoms with Gasteiger partial charge in [0.15, 0.2) is 16.8 Å². The highest BCUT2D eigenvalue weighted by molar-refractivity contribution is 9.10. The van der Waals surface area contributed by atoms with Crippen LogP contribution in [0.2, 0.25) is 0 Å². The van der Waals surface area contributed by atoms with Crippen molar-refractivity contribution in [1.29, 1.82) is 0 Å². The number of thiazole rings is 1. The maximum Gasteiger partial charge on any atom is 0.244 e. The van der Waals surface area contributed by atoms with Gasteiger partial charge in [-0.25, -0.2) is 22.2 Å². The minimum atomic E-state index is -3.56. The van der Waals surface area contributed by atoms with Crippen LogP contribution in [0.3, 0.4) is 0 Å². The van der Waals surface area contributed by atoms with E-state index in [1.165, 1.54) is 21.7 Å². The molecule has 3 aromatic rings. The number of aromatic nitrogens is 1. The van der Waals surface area contributed by atoms with Crippen LogP contribution in [0, 0.1) is 11.6 Å². The smallest absolute Gasteiger partial charge is 0.244 e. The first-order valence-corrected chi connectivity index (χ1v) is 12.3. The Labute approximate surface area is 186 Å². The van der Waals surface area contributed by atoms with Crippen LogP contribution in [-0.2, 0) is 16.4 Å². The summed E-state index contributed by atoms with van der Waals surface area (Å²) >= 11 is 4.78. The normalized spacial score (nSPS) is 15.5. The molecule has 0 atom stereocenters. The Hall–Kier alpha value is -1.88. The lowest BCUT2D eigenvalue weighted by Gasteiger charge is -2.34. The van der Waals surface area contributed by atoms with Crippen molar-refractivity contribution in [3.05, 3.63) is 75.2 Å². The fraction of sp³-hybridized carbons (Fsp3) is 0.250. The number of hydrogen-bond donors (Lipinski definition) is 0. The molecule has 1 saturated heterocycles. The third-order valence-electron chi connectivity index (χ3n) is 4.87. The summed E-state index contributed by atoms with van der Waals surface area (Å²) in [7, 11) is -3.56. The molecule has 2 heterocycles. The monoisotopic (exact) mass is 513 g/mol. The molecule has 5 nitrogen and oxygen atoms in total. The van der Waals surface area contributed by atoms with E-state index in [4.69, 9.17) is 0 Å². The SMILES string of the molecule is O=S(=O)(c1ccccc1Br)N1CCN(c2nc(Cc3ccc(F)c(F)c3)cs2)CC1. The number of nitrogens with zero attached hydrogens (tertiary/aromatic N) is 3. The number of benzene rings is 2. The van der Waals surface area contributed by atoms with E-state index in [9.17, 15) is 17.2 Å². The summed E-state index contributed by atoms with van der Waals surface area (Å²) in [6.07, 6.45) is 0.407. The largest absolute Gasteiger partial charge is 0.345 e. The van der Waals surface area contributed by atoms with Gasteiger partial charge in [0.25, 0.3) is 0 Å². The number of halogens is 3. The number of rotatable bonds is 5. The van der Waals surface area contributed by atoms with Crippen molar-refractivity contribution in [1.82, 2.24) is 9.29 Å². The van der Waals surface area contributed by atoms with E-state index < -0.39 is 21.7 Å². The van der Waals surface area contributed by atoms with E-state index in [1.807, 2.05) is 10.3 Å². The van der Waals surface area contributed by atoms with Crippen LogP contribution in [0.4, 0.5) is 13.9 Å². The molecule has 2 aromatic carbocycles. The predicted molar refractivity (Wildman–Crippen MR) is 116 cm³/mol. The van der Waals surface area contributed by atoms with Gasteiger partial charge in [0.1, 0.15) is 0 Å². The van der Waals surface area contributed by atoms with E-state index >= 15 is 0 Å². The average Bonchev–Trinajstić information content (AvgIpc) is 3.19. The van der Waals surface area contributed by atoms with Gasteiger partial charge in [0, 0.05) is 42.5 Å². The molecule has 10 heteroatoms. The first-order valence-electron chi connectivity index (χ1n) is 9.22. The Morgan fingerprint density at radius 2 is 1.77 bits per heavy atom. The average molecular weight is 514 g/mol. The van der Waals surface area contributed by atoms with Gasteiger partial charge in [0.2, 0.25) is 10.0 Å². The molecule has 0 bridgehead atoms. The Morgan fingerprint density at radius 3 is 2.47 bits per heavy atom. The number of sulfonamides is 1. The van der Waals surface area contributed by atoms with Crippen LogP contribution in [0.1, 0.15) is 11.3 Å². The molecule has 1 aliphatic rings. The van der Waals surface area contributed by atoms with Crippen LogP contribution >= 0.6 is 27.3 Å². The highest BCUT2D eigenvalue weighted by atomic mass is 79.9. The van der Waals surface area contributed by atoms with Gasteiger partial charge >= 0.3 is 0 Å². The third kappa shape index (κ3) is 4.41. The van der Waals surface area contributed by atoms with Gasteiger partial charge in [-0.15, -0.1) is 11.3 Å². The Bertz CT molecular complexity index is 1160. The Morgan fingerprint density at radius 1 is 1.03 bits per heavy atom. The molecule has 158 valence electrons. The van der Waals surface area contributed by atoms with Gasteiger partial charge in [-0.2, -0.15) is 4.31 Å². The lowest BCUT2D eigenvalue weighted by Crippen LogP contribution is -2.48. The van der Waals surface area contributed by atoms with E-state index in [0.29, 0.717) is 42.6 Å². The molecule has 1 aromatic heterocycles. The zero-order valence-electron chi connectivity index (χ0n) is 15.8. The van der Waals surface area contributed by atoms with E-state index in [1.54, 1.807) is 30.3 Å². The quantitative estimate of drug-likeness (QED) is 0.510. The summed E-state index contributed by atoms with van der Waals surface area (Å²) in [6, 6.07) is 10.6. The van der Waals surface area contributed by atoms with Crippen LogP contribution < -0.4 is 4.90 Å². The van der Waals surface area contributed by atoms with Crippen molar-refractivity contribution in [2.24, 2.45) is 0 Å². The van der Waals surface area contributed by atoms with Gasteiger partial charge in [-0.05, 0) is 45.8 Å². The number of hydrogen-bond acceptors (Lipinski definition) is 5. The lowest BCUT2D eigenvalue weighted by molar-refractivity contribution is 0.384. The summed E-state index contributed by atoms with van der Waals surface area (Å²) in [5.41, 5.74) is 1.42. The van der Waals surface area contributed by atoms with Crippen molar-refractivity contribution in [3.63, 3.8) is 0 Å². The molecule has 0 saturated carbocycles. The zero-order chi connectivity index (χ0) is 21.3. The first-order chi connectivity index (χ1) is 14.3. The third-order valence-corrected chi connectivity index (χ3v) is 8.73. The van der Waals surface area contributed by atoms with Crippen LogP contribution in [0.5, 0.6) is 0 Å². The molecule has 0 spiro atoms. The second-order valence-corrected chi connectivity index (χ2v) is 10.5. The molecule has 4 rings (SSSR count). The van der Waals surface area contributed by atoms with E-state index in [0.717, 1.165) is 16.9 Å². The summed E-state index contributed by atoms with van der Waals surface area (Å²) in [5.74, 6) is -1.74. The fourth-order valence-electron chi connectivity index (χ4n) is 3.29. The molecule has 0 aliphatic carbocycles. The zero-order valence-corrected chi connectivity index (χ0v) is 19.0. The molecule has 0 unspecified atom stereocenters. The van der Waals surface area contributed by atoms with Crippen molar-refractivity contribution >= 4 is 42.4 Å². The van der Waals surface area contributed by atoms with Gasteiger partial charge < -0.3 is 4.90 Å². The molecule has 0 radical (unpaired) electrons. The Kier molecular flexibility index (Phi) is 6.19. The van der Waals surface area contributed by atoms with Crippen molar-refractivity contribution in [3.8, 4) is 0 Å². The second-order valence-electron chi connectivity index (χ2n) is 6.87. The highest BCUT2D eigenvalue weighted by Gasteiger charge is 2.30. The maximum absolute atomic E-state index is 13.4. The molecule has 0 N–H and O–H groups in total. The van der Waals surface area contributed by atoms with Gasteiger partial charge in [-0.1, -0.05) is 18.2 Å². The maximum atomic E-state index is 13.4. The topological polar surface area (TPSA) is 53.5 Å². The van der Waals surface area contributed by atoms with Gasteiger partial charge in [0.05, 0.1) is 10.6 Å². The summed E-state index contributed by atoms with van der Waals surface area (Å²) < 4.78 is 54.4. The molecular weight excluding hydrogens is 496 g/mol. The van der Waals surface area contributed by atoms with Crippen molar-refractivity contribution < 1.29 is 17.2 Å². The van der Waals surface area contributed by atoms with E-state index in [-0.39, 0.29) is 4.90 Å². The minimum Gasteiger partial charge on any atom is -0.345 e. The van der Waals surface area contributed by atoms with Crippen molar-refractivity contribution in [2.45, 2.75) is 11.3 Å². The predicted octanol–water partition coefficient (Wildman–Crippen LogP) is 4.29. The number of piperazine rings is 1. The molecule has 0 amide bonds. The Balaban J connectivity index is 1.41. The standard InChI is InChI=1S/C20H18BrF2N3O2S2/c21-16-3-1-2-4-19(16)30(27,28)26-9-7-25(8-10-26)20-24-15(13-29-20)11-14-5-6-17(22)18(23)12-14/h1-6,12-13H,7-11H2. The molecule has 1 aliphatic heterocycles. The van der Waals surface area contributed by atoms with Crippen LogP contribution in [0.25, 0.3) is 0 Å². The molecule has 30 heavy (non-hydrogen) atoms.